The number of nitrogens with zero attached hydrogens (tertiary/aromatic N) is 2. The van der Waals surface area contributed by atoms with Gasteiger partial charge in [-0.05, 0) is 24.1 Å². The largest absolute Gasteiger partial charge is 0.497 e. The van der Waals surface area contributed by atoms with Crippen molar-refractivity contribution in [3.8, 4) is 5.75 Å². The highest BCUT2D eigenvalue weighted by atomic mass is 32.1. The highest BCUT2D eigenvalue weighted by Gasteiger charge is 2.33. The Balaban J connectivity index is 1.61. The van der Waals surface area contributed by atoms with Crippen molar-refractivity contribution in [2.75, 3.05) is 27.3 Å². The predicted octanol–water partition coefficient (Wildman–Crippen LogP) is 3.44. The van der Waals surface area contributed by atoms with Crippen molar-refractivity contribution in [1.29, 1.82) is 0 Å². The van der Waals surface area contributed by atoms with Crippen LogP contribution in [0.15, 0.2) is 34.6 Å². The number of aromatic nitrogens is 1. The third-order valence-corrected chi connectivity index (χ3v) is 4.51. The monoisotopic (exact) mass is 416 g/mol. The lowest BCUT2D eigenvalue weighted by atomic mass is 10.2. The maximum atomic E-state index is 12.5. The third-order valence-electron chi connectivity index (χ3n) is 3.66. The number of ether oxygens (including phenoxy) is 2. The number of methoxy groups -OCH3 is 1. The Kier molecular flexibility index (Phi) is 8.52. The van der Waals surface area contributed by atoms with E-state index in [-0.39, 0.29) is 6.54 Å². The van der Waals surface area contributed by atoms with E-state index in [9.17, 15) is 13.2 Å². The average molecular weight is 416 g/mol. The van der Waals surface area contributed by atoms with Crippen LogP contribution in [0.4, 0.5) is 13.2 Å². The number of thiazole rings is 1. The van der Waals surface area contributed by atoms with Crippen molar-refractivity contribution in [2.45, 2.75) is 25.7 Å². The van der Waals surface area contributed by atoms with E-state index in [2.05, 4.69) is 20.6 Å². The van der Waals surface area contributed by atoms with Gasteiger partial charge in [0.15, 0.2) is 11.7 Å². The molecule has 0 aliphatic carbocycles. The van der Waals surface area contributed by atoms with Gasteiger partial charge in [0, 0.05) is 25.6 Å². The third kappa shape index (κ3) is 7.35. The Morgan fingerprint density at radius 2 is 1.96 bits per heavy atom. The zero-order valence-electron chi connectivity index (χ0n) is 15.7. The summed E-state index contributed by atoms with van der Waals surface area (Å²) in [5, 5.41) is 7.39. The van der Waals surface area contributed by atoms with Crippen LogP contribution >= 0.6 is 11.3 Å². The van der Waals surface area contributed by atoms with Gasteiger partial charge in [-0.1, -0.05) is 12.1 Å². The van der Waals surface area contributed by atoms with Gasteiger partial charge < -0.3 is 20.1 Å². The maximum absolute atomic E-state index is 12.5. The van der Waals surface area contributed by atoms with E-state index in [0.717, 1.165) is 34.5 Å². The lowest BCUT2D eigenvalue weighted by molar-refractivity contribution is -0.140. The van der Waals surface area contributed by atoms with E-state index < -0.39 is 11.9 Å². The second-order valence-corrected chi connectivity index (χ2v) is 6.67. The second-order valence-electron chi connectivity index (χ2n) is 5.73. The van der Waals surface area contributed by atoms with Crippen LogP contribution in [0.1, 0.15) is 22.7 Å². The second kappa shape index (κ2) is 10.9. The molecule has 1 heterocycles. The molecule has 0 unspecified atom stereocenters. The van der Waals surface area contributed by atoms with Crippen LogP contribution in [0.25, 0.3) is 0 Å². The molecule has 0 bridgehead atoms. The summed E-state index contributed by atoms with van der Waals surface area (Å²) in [5.41, 5.74) is 0.194. The Labute approximate surface area is 165 Å². The number of hydrogen-bond donors (Lipinski definition) is 2. The first-order valence-corrected chi connectivity index (χ1v) is 9.47. The number of nitrogens with one attached hydrogen (secondary N) is 2. The fourth-order valence-corrected chi connectivity index (χ4v) is 2.94. The molecule has 0 aliphatic rings. The Hall–Kier alpha value is -2.33. The first kappa shape index (κ1) is 22.0. The molecule has 6 nitrogen and oxygen atoms in total. The number of aliphatic imine (C=N–C) groups is 1. The zero-order chi connectivity index (χ0) is 20.4. The molecule has 0 amide bonds. The summed E-state index contributed by atoms with van der Waals surface area (Å²) in [6.07, 6.45) is -3.66. The fourth-order valence-electron chi connectivity index (χ4n) is 2.20. The van der Waals surface area contributed by atoms with Crippen molar-refractivity contribution < 1.29 is 22.6 Å². The van der Waals surface area contributed by atoms with Gasteiger partial charge in [0.25, 0.3) is 0 Å². The number of rotatable bonds is 9. The van der Waals surface area contributed by atoms with Crippen LogP contribution in [0.3, 0.4) is 0 Å². The van der Waals surface area contributed by atoms with Crippen LogP contribution < -0.4 is 15.4 Å². The minimum Gasteiger partial charge on any atom is -0.497 e. The van der Waals surface area contributed by atoms with E-state index in [1.54, 1.807) is 14.2 Å². The van der Waals surface area contributed by atoms with Crippen molar-refractivity contribution >= 4 is 17.3 Å². The van der Waals surface area contributed by atoms with Gasteiger partial charge in [0.2, 0.25) is 0 Å². The van der Waals surface area contributed by atoms with Gasteiger partial charge in [0.1, 0.15) is 10.8 Å². The number of benzene rings is 1. The van der Waals surface area contributed by atoms with Crippen LogP contribution in [0, 0.1) is 0 Å². The zero-order valence-corrected chi connectivity index (χ0v) is 16.5. The molecule has 2 N–H and O–H groups in total. The SMILES string of the molecule is CN=C(NCCCOCc1ccc(OC)cc1)NCc1nc(C(F)(F)F)cs1. The summed E-state index contributed by atoms with van der Waals surface area (Å²) < 4.78 is 48.4. The molecule has 28 heavy (non-hydrogen) atoms. The van der Waals surface area contributed by atoms with Gasteiger partial charge in [-0.3, -0.25) is 4.99 Å². The first-order chi connectivity index (χ1) is 13.4. The lowest BCUT2D eigenvalue weighted by Crippen LogP contribution is -2.37. The highest BCUT2D eigenvalue weighted by Crippen LogP contribution is 2.29. The molecule has 154 valence electrons. The van der Waals surface area contributed by atoms with Gasteiger partial charge >= 0.3 is 6.18 Å². The summed E-state index contributed by atoms with van der Waals surface area (Å²) in [7, 11) is 3.22. The quantitative estimate of drug-likeness (QED) is 0.372. The Morgan fingerprint density at radius 3 is 2.57 bits per heavy atom. The number of hydrogen-bond acceptors (Lipinski definition) is 5. The predicted molar refractivity (Wildman–Crippen MR) is 103 cm³/mol. The van der Waals surface area contributed by atoms with E-state index >= 15 is 0 Å². The minimum atomic E-state index is -4.42. The number of guanidine groups is 1. The molecule has 1 aromatic carbocycles. The summed E-state index contributed by atoms with van der Waals surface area (Å²) in [4.78, 5) is 7.61. The van der Waals surface area contributed by atoms with E-state index in [1.165, 1.54) is 0 Å². The molecule has 0 saturated heterocycles. The molecule has 0 atom stereocenters. The van der Waals surface area contributed by atoms with Gasteiger partial charge in [-0.15, -0.1) is 11.3 Å². The van der Waals surface area contributed by atoms with Crippen molar-refractivity contribution in [3.63, 3.8) is 0 Å². The molecule has 10 heteroatoms. The minimum absolute atomic E-state index is 0.175. The summed E-state index contributed by atoms with van der Waals surface area (Å²) in [6, 6.07) is 7.67. The molecule has 1 aromatic heterocycles. The Morgan fingerprint density at radius 1 is 1.21 bits per heavy atom. The number of halogens is 3. The topological polar surface area (TPSA) is 67.8 Å². The number of alkyl halides is 3. The normalized spacial score (nSPS) is 12.1. The highest BCUT2D eigenvalue weighted by molar-refractivity contribution is 7.09. The molecular formula is C18H23F3N4O2S. The van der Waals surface area contributed by atoms with Crippen LogP contribution in [0.5, 0.6) is 5.75 Å². The van der Waals surface area contributed by atoms with Crippen molar-refractivity contribution in [3.05, 3.63) is 45.9 Å². The molecule has 2 aromatic rings. The van der Waals surface area contributed by atoms with E-state index in [0.29, 0.717) is 30.7 Å². The molecule has 0 radical (unpaired) electrons. The molecular weight excluding hydrogens is 393 g/mol. The standard InChI is InChI=1S/C18H23F3N4O2S/c1-22-17(24-10-16-25-15(12-28-16)18(19,20)21)23-8-3-9-27-11-13-4-6-14(26-2)7-5-13/h4-7,12H,3,8-11H2,1-2H3,(H2,22,23,24). The first-order valence-electron chi connectivity index (χ1n) is 8.59. The molecule has 0 fully saturated rings. The van der Waals surface area contributed by atoms with Gasteiger partial charge in [-0.2, -0.15) is 13.2 Å². The molecule has 0 spiro atoms. The molecule has 2 rings (SSSR count). The maximum Gasteiger partial charge on any atom is 0.434 e. The van der Waals surface area contributed by atoms with Crippen LogP contribution in [0.2, 0.25) is 0 Å². The summed E-state index contributed by atoms with van der Waals surface area (Å²) in [6.45, 7) is 1.88. The van der Waals surface area contributed by atoms with Crippen LogP contribution in [-0.4, -0.2) is 38.3 Å². The molecule has 0 aliphatic heterocycles. The van der Waals surface area contributed by atoms with Crippen molar-refractivity contribution in [2.24, 2.45) is 4.99 Å². The van der Waals surface area contributed by atoms with E-state index in [4.69, 9.17) is 9.47 Å². The molecule has 0 saturated carbocycles. The van der Waals surface area contributed by atoms with Gasteiger partial charge in [0.05, 0.1) is 20.3 Å². The average Bonchev–Trinajstić information content (AvgIpc) is 3.17. The Bertz CT molecular complexity index is 748. The van der Waals surface area contributed by atoms with Gasteiger partial charge in [-0.25, -0.2) is 4.98 Å². The summed E-state index contributed by atoms with van der Waals surface area (Å²) in [5.74, 6) is 1.30. The lowest BCUT2D eigenvalue weighted by Gasteiger charge is -2.11. The summed E-state index contributed by atoms with van der Waals surface area (Å²) >= 11 is 0.960. The van der Waals surface area contributed by atoms with Crippen LogP contribution in [-0.2, 0) is 24.1 Å². The van der Waals surface area contributed by atoms with Crippen molar-refractivity contribution in [1.82, 2.24) is 15.6 Å². The fraction of sp³-hybridized carbons (Fsp3) is 0.444. The van der Waals surface area contributed by atoms with E-state index in [1.807, 2.05) is 24.3 Å². The smallest absolute Gasteiger partial charge is 0.434 e.